The Morgan fingerprint density at radius 2 is 2.20 bits per heavy atom. The molecule has 0 saturated heterocycles. The molecule has 0 saturated carbocycles. The molecule has 0 atom stereocenters. The third kappa shape index (κ3) is 4.41. The lowest BCUT2D eigenvalue weighted by Gasteiger charge is -2.09. The van der Waals surface area contributed by atoms with Crippen LogP contribution in [-0.4, -0.2) is 28.1 Å². The maximum Gasteiger partial charge on any atom is 0.158 e. The van der Waals surface area contributed by atoms with Crippen molar-refractivity contribution in [2.24, 2.45) is 5.84 Å². The first-order valence-corrected chi connectivity index (χ1v) is 7.24. The Morgan fingerprint density at radius 1 is 1.35 bits per heavy atom. The molecule has 4 N–H and O–H groups in total. The second-order valence-electron chi connectivity index (χ2n) is 3.94. The van der Waals surface area contributed by atoms with Crippen molar-refractivity contribution in [1.29, 1.82) is 0 Å². The van der Waals surface area contributed by atoms with Gasteiger partial charge in [0.25, 0.3) is 0 Å². The van der Waals surface area contributed by atoms with Crippen molar-refractivity contribution in [3.8, 4) is 0 Å². The summed E-state index contributed by atoms with van der Waals surface area (Å²) in [5, 5.41) is 6.30. The van der Waals surface area contributed by atoms with Crippen molar-refractivity contribution in [3.05, 3.63) is 28.5 Å². The lowest BCUT2D eigenvalue weighted by atomic mass is 10.4. The summed E-state index contributed by atoms with van der Waals surface area (Å²) in [6, 6.07) is 1.76. The summed E-state index contributed by atoms with van der Waals surface area (Å²) < 4.78 is 5.31. The number of hydrazine groups is 1. The summed E-state index contributed by atoms with van der Waals surface area (Å²) in [5.74, 6) is 7.28. The number of nitrogens with one attached hydrogen (secondary N) is 2. The molecule has 2 rings (SSSR count). The van der Waals surface area contributed by atoms with Crippen LogP contribution in [0, 0.1) is 0 Å². The largest absolute Gasteiger partial charge is 0.374 e. The van der Waals surface area contributed by atoms with Crippen LogP contribution < -0.4 is 16.6 Å². The van der Waals surface area contributed by atoms with Gasteiger partial charge in [-0.05, 0) is 6.92 Å². The van der Waals surface area contributed by atoms with Crippen LogP contribution in [0.2, 0.25) is 0 Å². The number of nitrogens with zero attached hydrogens (tertiary/aromatic N) is 3. The number of thiazole rings is 1. The minimum Gasteiger partial charge on any atom is -0.374 e. The fraction of sp³-hybridized carbons (Fsp3) is 0.417. The van der Waals surface area contributed by atoms with Gasteiger partial charge in [0, 0.05) is 37.2 Å². The van der Waals surface area contributed by atoms with E-state index in [1.165, 1.54) is 0 Å². The van der Waals surface area contributed by atoms with Crippen LogP contribution in [0.25, 0.3) is 0 Å². The van der Waals surface area contributed by atoms with E-state index >= 15 is 0 Å². The summed E-state index contributed by atoms with van der Waals surface area (Å²) in [7, 11) is 0. The molecule has 0 aliphatic rings. The zero-order chi connectivity index (χ0) is 14.2. The molecule has 0 aliphatic carbocycles. The lowest BCUT2D eigenvalue weighted by molar-refractivity contribution is 0.128. The molecule has 2 heterocycles. The number of ether oxygens (including phenoxy) is 1. The van der Waals surface area contributed by atoms with Gasteiger partial charge in [-0.2, -0.15) is 0 Å². The number of hydrogen-bond acceptors (Lipinski definition) is 8. The van der Waals surface area contributed by atoms with Gasteiger partial charge in [0.15, 0.2) is 5.82 Å². The van der Waals surface area contributed by atoms with Crippen LogP contribution in [0.4, 0.5) is 11.6 Å². The first-order chi connectivity index (χ1) is 9.81. The first kappa shape index (κ1) is 14.6. The summed E-state index contributed by atoms with van der Waals surface area (Å²) in [5.41, 5.74) is 2.53. The number of hydrogen-bond donors (Lipinski definition) is 3. The van der Waals surface area contributed by atoms with Crippen molar-refractivity contribution in [1.82, 2.24) is 15.0 Å². The van der Waals surface area contributed by atoms with Crippen LogP contribution in [0.1, 0.15) is 17.8 Å². The highest BCUT2D eigenvalue weighted by Crippen LogP contribution is 2.12. The Hall–Kier alpha value is -1.77. The normalized spacial score (nSPS) is 10.5. The number of nitrogen functional groups attached to an aromatic ring is 1. The number of aromatic nitrogens is 3. The molecule has 2 aromatic heterocycles. The Labute approximate surface area is 121 Å². The molecule has 7 nitrogen and oxygen atoms in total. The zero-order valence-corrected chi connectivity index (χ0v) is 12.1. The predicted molar refractivity (Wildman–Crippen MR) is 79.5 cm³/mol. The van der Waals surface area contributed by atoms with E-state index in [9.17, 15) is 0 Å². The summed E-state index contributed by atoms with van der Waals surface area (Å²) in [4.78, 5) is 12.8. The second kappa shape index (κ2) is 7.73. The SMILES string of the molecule is CCOCc1nc(NN)cc(NCCc2nccs2)n1. The van der Waals surface area contributed by atoms with Gasteiger partial charge in [-0.3, -0.25) is 0 Å². The van der Waals surface area contributed by atoms with E-state index in [2.05, 4.69) is 25.7 Å². The van der Waals surface area contributed by atoms with Gasteiger partial charge >= 0.3 is 0 Å². The van der Waals surface area contributed by atoms with Gasteiger partial charge in [0.2, 0.25) is 0 Å². The maximum atomic E-state index is 5.40. The second-order valence-corrected chi connectivity index (χ2v) is 4.92. The average molecular weight is 294 g/mol. The molecule has 0 aliphatic heterocycles. The zero-order valence-electron chi connectivity index (χ0n) is 11.3. The van der Waals surface area contributed by atoms with Crippen molar-refractivity contribution in [2.45, 2.75) is 20.0 Å². The highest BCUT2D eigenvalue weighted by Gasteiger charge is 2.04. The Bertz CT molecular complexity index is 519. The van der Waals surface area contributed by atoms with Crippen molar-refractivity contribution in [3.63, 3.8) is 0 Å². The van der Waals surface area contributed by atoms with E-state index in [4.69, 9.17) is 10.6 Å². The first-order valence-electron chi connectivity index (χ1n) is 6.36. The molecule has 0 amide bonds. The molecule has 108 valence electrons. The van der Waals surface area contributed by atoms with Crippen LogP contribution in [0.3, 0.4) is 0 Å². The van der Waals surface area contributed by atoms with Crippen molar-refractivity contribution in [2.75, 3.05) is 23.9 Å². The van der Waals surface area contributed by atoms with Crippen LogP contribution in [0.15, 0.2) is 17.6 Å². The molecule has 8 heteroatoms. The maximum absolute atomic E-state index is 5.40. The lowest BCUT2D eigenvalue weighted by Crippen LogP contribution is -2.14. The van der Waals surface area contributed by atoms with Crippen molar-refractivity contribution < 1.29 is 4.74 Å². The minimum absolute atomic E-state index is 0.368. The fourth-order valence-electron chi connectivity index (χ4n) is 1.59. The number of anilines is 2. The van der Waals surface area contributed by atoms with Crippen LogP contribution in [0.5, 0.6) is 0 Å². The third-order valence-electron chi connectivity index (χ3n) is 2.48. The Kier molecular flexibility index (Phi) is 5.66. The minimum atomic E-state index is 0.368. The Morgan fingerprint density at radius 3 is 2.90 bits per heavy atom. The van der Waals surface area contributed by atoms with Crippen molar-refractivity contribution >= 4 is 23.0 Å². The average Bonchev–Trinajstić information content (AvgIpc) is 2.98. The number of rotatable bonds is 8. The van der Waals surface area contributed by atoms with Gasteiger partial charge in [-0.1, -0.05) is 0 Å². The topological polar surface area (TPSA) is 98.0 Å². The Balaban J connectivity index is 1.94. The van der Waals surface area contributed by atoms with Crippen LogP contribution in [-0.2, 0) is 17.8 Å². The summed E-state index contributed by atoms with van der Waals surface area (Å²) in [6.45, 7) is 3.67. The van der Waals surface area contributed by atoms with Gasteiger partial charge in [0.05, 0.1) is 5.01 Å². The predicted octanol–water partition coefficient (Wildman–Crippen LogP) is 1.41. The summed E-state index contributed by atoms with van der Waals surface area (Å²) in [6.07, 6.45) is 2.66. The highest BCUT2D eigenvalue weighted by atomic mass is 32.1. The molecule has 0 unspecified atom stereocenters. The fourth-order valence-corrected chi connectivity index (χ4v) is 2.21. The van der Waals surface area contributed by atoms with Crippen LogP contribution >= 0.6 is 11.3 Å². The molecule has 0 fully saturated rings. The smallest absolute Gasteiger partial charge is 0.158 e. The van der Waals surface area contributed by atoms with Gasteiger partial charge in [0.1, 0.15) is 18.2 Å². The molecule has 0 bridgehead atoms. The monoisotopic (exact) mass is 294 g/mol. The van der Waals surface area contributed by atoms with E-state index in [0.717, 1.165) is 23.8 Å². The van der Waals surface area contributed by atoms with E-state index in [0.29, 0.717) is 24.9 Å². The molecule has 0 radical (unpaired) electrons. The van der Waals surface area contributed by atoms with E-state index in [1.807, 2.05) is 12.3 Å². The van der Waals surface area contributed by atoms with E-state index in [1.54, 1.807) is 23.6 Å². The third-order valence-corrected chi connectivity index (χ3v) is 3.32. The molecular weight excluding hydrogens is 276 g/mol. The molecule has 20 heavy (non-hydrogen) atoms. The molecule has 0 aromatic carbocycles. The standard InChI is InChI=1S/C12H18N6OS/c1-2-19-8-11-16-9(7-10(17-11)18-13)14-4-3-12-15-5-6-20-12/h5-7H,2-4,8,13H2,1H3,(H2,14,16,17,18). The quantitative estimate of drug-likeness (QED) is 0.500. The number of nitrogens with two attached hydrogens (primary N) is 1. The molecule has 2 aromatic rings. The highest BCUT2D eigenvalue weighted by molar-refractivity contribution is 7.09. The van der Waals surface area contributed by atoms with Gasteiger partial charge in [-0.25, -0.2) is 20.8 Å². The molecule has 0 spiro atoms. The summed E-state index contributed by atoms with van der Waals surface area (Å²) >= 11 is 1.64. The van der Waals surface area contributed by atoms with E-state index < -0.39 is 0 Å². The van der Waals surface area contributed by atoms with Gasteiger partial charge < -0.3 is 15.5 Å². The molecular formula is C12H18N6OS. The van der Waals surface area contributed by atoms with Gasteiger partial charge in [-0.15, -0.1) is 11.3 Å². The van der Waals surface area contributed by atoms with E-state index in [-0.39, 0.29) is 0 Å².